The normalized spacial score (nSPS) is 31.2. The topological polar surface area (TPSA) is 0 Å². The molecule has 0 bridgehead atoms. The molecule has 0 N–H and O–H groups in total. The highest BCUT2D eigenvalue weighted by Crippen LogP contribution is 2.43. The summed E-state index contributed by atoms with van der Waals surface area (Å²) in [5.74, 6) is 4.39. The summed E-state index contributed by atoms with van der Waals surface area (Å²) in [5.41, 5.74) is 0. The van der Waals surface area contributed by atoms with Gasteiger partial charge in [0.05, 0.1) is 0 Å². The first kappa shape index (κ1) is 20.3. The fraction of sp³-hybridized carbons (Fsp3) is 1.00. The maximum absolute atomic E-state index is 2.34. The Hall–Kier alpha value is 0. The lowest BCUT2D eigenvalue weighted by Crippen LogP contribution is -2.26. The Morgan fingerprint density at radius 2 is 1.17 bits per heavy atom. The first-order chi connectivity index (χ1) is 11.8. The van der Waals surface area contributed by atoms with E-state index in [0.717, 1.165) is 23.7 Å². The summed E-state index contributed by atoms with van der Waals surface area (Å²) in [6.07, 6.45) is 27.3. The Kier molecular flexibility index (Phi) is 10.5. The van der Waals surface area contributed by atoms with Gasteiger partial charge in [-0.2, -0.15) is 0 Å². The monoisotopic (exact) mass is 334 g/mol. The van der Waals surface area contributed by atoms with Crippen LogP contribution in [-0.2, 0) is 0 Å². The van der Waals surface area contributed by atoms with E-state index < -0.39 is 0 Å². The molecule has 0 saturated heterocycles. The Balaban J connectivity index is 1.59. The number of rotatable bonds is 11. The van der Waals surface area contributed by atoms with Gasteiger partial charge in [-0.25, -0.2) is 0 Å². The van der Waals surface area contributed by atoms with Crippen LogP contribution in [0.2, 0.25) is 0 Å². The van der Waals surface area contributed by atoms with Crippen molar-refractivity contribution in [1.29, 1.82) is 0 Å². The van der Waals surface area contributed by atoms with E-state index in [0.29, 0.717) is 0 Å². The number of hydrogen-bond acceptors (Lipinski definition) is 0. The molecule has 0 heterocycles. The van der Waals surface area contributed by atoms with E-state index >= 15 is 0 Å². The molecule has 0 spiro atoms. The first-order valence-electron chi connectivity index (χ1n) is 11.8. The van der Waals surface area contributed by atoms with E-state index in [9.17, 15) is 0 Å². The largest absolute Gasteiger partial charge is 0.0654 e. The minimum atomic E-state index is 1.09. The standard InChI is InChI=1S/C24H46/c1-3-5-7-8-10-12-21-16-18-23(19-17-21)24-15-11-14-22(20-24)13-9-6-4-2/h21-24H,3-20H2,1-2H3/t21-,22-,23+,24-/m1/s1. The second kappa shape index (κ2) is 12.4. The molecule has 2 fully saturated rings. The summed E-state index contributed by atoms with van der Waals surface area (Å²) in [6, 6.07) is 0. The second-order valence-corrected chi connectivity index (χ2v) is 9.27. The van der Waals surface area contributed by atoms with Crippen LogP contribution in [0.1, 0.15) is 129 Å². The summed E-state index contributed by atoms with van der Waals surface area (Å²) in [6.45, 7) is 4.66. The summed E-state index contributed by atoms with van der Waals surface area (Å²) >= 11 is 0. The van der Waals surface area contributed by atoms with Crippen molar-refractivity contribution in [3.05, 3.63) is 0 Å². The van der Waals surface area contributed by atoms with Crippen LogP contribution in [-0.4, -0.2) is 0 Å². The third-order valence-corrected chi connectivity index (χ3v) is 7.31. The van der Waals surface area contributed by atoms with Crippen LogP contribution in [0, 0.1) is 23.7 Å². The van der Waals surface area contributed by atoms with Crippen molar-refractivity contribution in [1.82, 2.24) is 0 Å². The zero-order chi connectivity index (χ0) is 17.0. The first-order valence-corrected chi connectivity index (χ1v) is 11.8. The lowest BCUT2D eigenvalue weighted by Gasteiger charge is -2.38. The summed E-state index contributed by atoms with van der Waals surface area (Å²) in [5, 5.41) is 0. The van der Waals surface area contributed by atoms with Gasteiger partial charge in [-0.3, -0.25) is 0 Å². The highest BCUT2D eigenvalue weighted by molar-refractivity contribution is 4.82. The number of hydrogen-bond donors (Lipinski definition) is 0. The Bertz CT molecular complexity index is 286. The molecular weight excluding hydrogens is 288 g/mol. The van der Waals surface area contributed by atoms with Gasteiger partial charge in [0.2, 0.25) is 0 Å². The SMILES string of the molecule is CCCCCCC[C@H]1CC[C@@H]([C@@H]2CCC[C@@H](CCCCC)C2)CC1. The molecule has 0 aliphatic heterocycles. The highest BCUT2D eigenvalue weighted by atomic mass is 14.4. The molecule has 2 saturated carbocycles. The lowest BCUT2D eigenvalue weighted by molar-refractivity contribution is 0.132. The lowest BCUT2D eigenvalue weighted by atomic mass is 9.67. The number of unbranched alkanes of at least 4 members (excludes halogenated alkanes) is 6. The Morgan fingerprint density at radius 1 is 0.542 bits per heavy atom. The summed E-state index contributed by atoms with van der Waals surface area (Å²) < 4.78 is 0. The maximum Gasteiger partial charge on any atom is -0.0383 e. The van der Waals surface area contributed by atoms with Crippen LogP contribution in [0.25, 0.3) is 0 Å². The van der Waals surface area contributed by atoms with Crippen molar-refractivity contribution in [3.63, 3.8) is 0 Å². The van der Waals surface area contributed by atoms with Gasteiger partial charge in [-0.05, 0) is 42.9 Å². The van der Waals surface area contributed by atoms with Crippen molar-refractivity contribution in [2.45, 2.75) is 129 Å². The molecule has 0 heteroatoms. The van der Waals surface area contributed by atoms with Gasteiger partial charge in [0.1, 0.15) is 0 Å². The van der Waals surface area contributed by atoms with Crippen LogP contribution in [0.5, 0.6) is 0 Å². The molecule has 2 aliphatic rings. The third-order valence-electron chi connectivity index (χ3n) is 7.31. The van der Waals surface area contributed by atoms with E-state index in [2.05, 4.69) is 13.8 Å². The minimum absolute atomic E-state index is 1.09. The molecule has 142 valence electrons. The minimum Gasteiger partial charge on any atom is -0.0654 e. The van der Waals surface area contributed by atoms with Gasteiger partial charge in [-0.1, -0.05) is 110 Å². The molecule has 2 aliphatic carbocycles. The van der Waals surface area contributed by atoms with Crippen LogP contribution < -0.4 is 0 Å². The maximum atomic E-state index is 2.34. The molecule has 0 aromatic heterocycles. The van der Waals surface area contributed by atoms with Crippen molar-refractivity contribution in [2.75, 3.05) is 0 Å². The molecule has 2 rings (SSSR count). The van der Waals surface area contributed by atoms with E-state index in [1.807, 2.05) is 0 Å². The molecular formula is C24H46. The van der Waals surface area contributed by atoms with E-state index in [4.69, 9.17) is 0 Å². The summed E-state index contributed by atoms with van der Waals surface area (Å²) in [7, 11) is 0. The van der Waals surface area contributed by atoms with Crippen LogP contribution >= 0.6 is 0 Å². The Morgan fingerprint density at radius 3 is 1.92 bits per heavy atom. The molecule has 2 atom stereocenters. The van der Waals surface area contributed by atoms with Crippen LogP contribution in [0.15, 0.2) is 0 Å². The highest BCUT2D eigenvalue weighted by Gasteiger charge is 2.31. The van der Waals surface area contributed by atoms with Crippen molar-refractivity contribution in [3.8, 4) is 0 Å². The quantitative estimate of drug-likeness (QED) is 0.332. The van der Waals surface area contributed by atoms with Gasteiger partial charge in [0.15, 0.2) is 0 Å². The molecule has 0 nitrogen and oxygen atoms in total. The van der Waals surface area contributed by atoms with E-state index in [1.54, 1.807) is 57.8 Å². The molecule has 0 aromatic carbocycles. The van der Waals surface area contributed by atoms with Gasteiger partial charge >= 0.3 is 0 Å². The Labute approximate surface area is 153 Å². The third kappa shape index (κ3) is 7.49. The predicted molar refractivity (Wildman–Crippen MR) is 108 cm³/mol. The molecule has 0 radical (unpaired) electrons. The molecule has 24 heavy (non-hydrogen) atoms. The van der Waals surface area contributed by atoms with Gasteiger partial charge in [0.25, 0.3) is 0 Å². The van der Waals surface area contributed by atoms with Gasteiger partial charge < -0.3 is 0 Å². The van der Waals surface area contributed by atoms with Gasteiger partial charge in [0, 0.05) is 0 Å². The van der Waals surface area contributed by atoms with Crippen LogP contribution in [0.4, 0.5) is 0 Å². The fourth-order valence-electron chi connectivity index (χ4n) is 5.69. The van der Waals surface area contributed by atoms with Crippen molar-refractivity contribution in [2.24, 2.45) is 23.7 Å². The second-order valence-electron chi connectivity index (χ2n) is 9.27. The fourth-order valence-corrected chi connectivity index (χ4v) is 5.69. The van der Waals surface area contributed by atoms with E-state index in [1.165, 1.54) is 57.8 Å². The van der Waals surface area contributed by atoms with Crippen molar-refractivity contribution >= 4 is 0 Å². The average molecular weight is 335 g/mol. The van der Waals surface area contributed by atoms with Gasteiger partial charge in [-0.15, -0.1) is 0 Å². The summed E-state index contributed by atoms with van der Waals surface area (Å²) in [4.78, 5) is 0. The van der Waals surface area contributed by atoms with Crippen molar-refractivity contribution < 1.29 is 0 Å². The predicted octanol–water partition coefficient (Wildman–Crippen LogP) is 8.54. The zero-order valence-corrected chi connectivity index (χ0v) is 17.0. The van der Waals surface area contributed by atoms with Crippen LogP contribution in [0.3, 0.4) is 0 Å². The molecule has 0 unspecified atom stereocenters. The zero-order valence-electron chi connectivity index (χ0n) is 17.0. The molecule has 0 amide bonds. The smallest absolute Gasteiger partial charge is 0.0383 e. The van der Waals surface area contributed by atoms with E-state index in [-0.39, 0.29) is 0 Å². The molecule has 0 aromatic rings. The average Bonchev–Trinajstić information content (AvgIpc) is 2.63.